The van der Waals surface area contributed by atoms with Crippen LogP contribution < -0.4 is 15.0 Å². The lowest BCUT2D eigenvalue weighted by molar-refractivity contribution is -0.132. The van der Waals surface area contributed by atoms with E-state index in [9.17, 15) is 4.79 Å². The molecule has 1 N–H and O–H groups in total. The number of hydrogen-bond donors (Lipinski definition) is 1. The smallest absolute Gasteiger partial charge is 0.242 e. The summed E-state index contributed by atoms with van der Waals surface area (Å²) in [5.41, 5.74) is 3.68. The summed E-state index contributed by atoms with van der Waals surface area (Å²) in [6, 6.07) is 17.5. The van der Waals surface area contributed by atoms with Gasteiger partial charge >= 0.3 is 0 Å². The molecule has 9 nitrogen and oxygen atoms in total. The van der Waals surface area contributed by atoms with Gasteiger partial charge in [0, 0.05) is 43.6 Å². The zero-order chi connectivity index (χ0) is 23.5. The van der Waals surface area contributed by atoms with Gasteiger partial charge in [0.1, 0.15) is 18.1 Å². The van der Waals surface area contributed by atoms with Crippen LogP contribution in [-0.4, -0.2) is 63.6 Å². The SMILES string of the molecule is COc1ccc(Nc2cc(C)nc(N3CCN(C(=O)Cn4cnc5ccccc54)CC3)n2)cc1. The summed E-state index contributed by atoms with van der Waals surface area (Å²) >= 11 is 0. The second kappa shape index (κ2) is 9.38. The Hall–Kier alpha value is -4.14. The second-order valence-electron chi connectivity index (χ2n) is 8.28. The summed E-state index contributed by atoms with van der Waals surface area (Å²) in [5.74, 6) is 2.30. The van der Waals surface area contributed by atoms with E-state index in [4.69, 9.17) is 9.72 Å². The summed E-state index contributed by atoms with van der Waals surface area (Å²) in [4.78, 5) is 30.7. The molecule has 0 aliphatic carbocycles. The van der Waals surface area contributed by atoms with Crippen molar-refractivity contribution in [2.75, 3.05) is 43.5 Å². The van der Waals surface area contributed by atoms with Crippen molar-refractivity contribution in [3.8, 4) is 5.75 Å². The lowest BCUT2D eigenvalue weighted by Gasteiger charge is -2.35. The number of aryl methyl sites for hydroxylation is 1. The maximum atomic E-state index is 12.9. The first kappa shape index (κ1) is 21.7. The molecule has 0 atom stereocenters. The minimum absolute atomic E-state index is 0.0924. The van der Waals surface area contributed by atoms with Gasteiger partial charge < -0.3 is 24.4 Å². The standard InChI is InChI=1S/C25H27N7O2/c1-18-15-23(28-19-7-9-20(34-2)10-8-19)29-25(27-18)31-13-11-30(12-14-31)24(33)16-32-17-26-21-5-3-4-6-22(21)32/h3-10,15,17H,11-14,16H2,1-2H3,(H,27,28,29). The van der Waals surface area contributed by atoms with Gasteiger partial charge in [-0.1, -0.05) is 12.1 Å². The molecule has 34 heavy (non-hydrogen) atoms. The zero-order valence-corrected chi connectivity index (χ0v) is 19.3. The minimum Gasteiger partial charge on any atom is -0.497 e. The third kappa shape index (κ3) is 4.63. The largest absolute Gasteiger partial charge is 0.497 e. The number of nitrogens with zero attached hydrogens (tertiary/aromatic N) is 6. The molecule has 5 rings (SSSR count). The number of anilines is 3. The van der Waals surface area contributed by atoms with Gasteiger partial charge in [-0.2, -0.15) is 4.98 Å². The number of piperazine rings is 1. The van der Waals surface area contributed by atoms with E-state index < -0.39 is 0 Å². The monoisotopic (exact) mass is 457 g/mol. The molecule has 1 fully saturated rings. The fourth-order valence-corrected chi connectivity index (χ4v) is 4.12. The van der Waals surface area contributed by atoms with Crippen molar-refractivity contribution in [1.29, 1.82) is 0 Å². The molecule has 1 aliphatic heterocycles. The molecule has 0 saturated carbocycles. The predicted molar refractivity (Wildman–Crippen MR) is 132 cm³/mol. The third-order valence-corrected chi connectivity index (χ3v) is 5.95. The van der Waals surface area contributed by atoms with Gasteiger partial charge in [-0.15, -0.1) is 0 Å². The summed E-state index contributed by atoms with van der Waals surface area (Å²) in [6.07, 6.45) is 1.73. The molecule has 1 saturated heterocycles. The van der Waals surface area contributed by atoms with Crippen LogP contribution >= 0.6 is 0 Å². The summed E-state index contributed by atoms with van der Waals surface area (Å²) in [7, 11) is 1.65. The van der Waals surface area contributed by atoms with Gasteiger partial charge in [0.2, 0.25) is 11.9 Å². The Morgan fingerprint density at radius 3 is 2.56 bits per heavy atom. The van der Waals surface area contributed by atoms with Gasteiger partial charge in [-0.25, -0.2) is 9.97 Å². The molecule has 1 amide bonds. The first-order valence-corrected chi connectivity index (χ1v) is 11.3. The van der Waals surface area contributed by atoms with E-state index in [0.717, 1.165) is 34.0 Å². The van der Waals surface area contributed by atoms with Gasteiger partial charge in [-0.05, 0) is 43.3 Å². The quantitative estimate of drug-likeness (QED) is 0.476. The fraction of sp³-hybridized carbons (Fsp3) is 0.280. The van der Waals surface area contributed by atoms with Crippen LogP contribution in [0.4, 0.5) is 17.5 Å². The molecule has 0 spiro atoms. The van der Waals surface area contributed by atoms with Gasteiger partial charge in [0.15, 0.2) is 0 Å². The molecule has 0 bridgehead atoms. The molecular weight excluding hydrogens is 430 g/mol. The highest BCUT2D eigenvalue weighted by Gasteiger charge is 2.23. The number of hydrogen-bond acceptors (Lipinski definition) is 7. The molecule has 1 aliphatic rings. The number of fused-ring (bicyclic) bond motifs is 1. The number of aromatic nitrogens is 4. The van der Waals surface area contributed by atoms with E-state index in [-0.39, 0.29) is 12.5 Å². The molecule has 2 aromatic carbocycles. The molecule has 0 unspecified atom stereocenters. The zero-order valence-electron chi connectivity index (χ0n) is 19.3. The Kier molecular flexibility index (Phi) is 5.99. The van der Waals surface area contributed by atoms with Crippen LogP contribution in [0.25, 0.3) is 11.0 Å². The van der Waals surface area contributed by atoms with E-state index in [1.165, 1.54) is 0 Å². The number of benzene rings is 2. The number of amides is 1. The Morgan fingerprint density at radius 2 is 1.79 bits per heavy atom. The number of carbonyl (C=O) groups excluding carboxylic acids is 1. The van der Waals surface area contributed by atoms with Crippen molar-refractivity contribution in [3.05, 3.63) is 66.6 Å². The summed E-state index contributed by atoms with van der Waals surface area (Å²) in [6.45, 7) is 4.87. The number of methoxy groups -OCH3 is 1. The second-order valence-corrected chi connectivity index (χ2v) is 8.28. The number of nitrogens with one attached hydrogen (secondary N) is 1. The van der Waals surface area contributed by atoms with Crippen molar-refractivity contribution in [2.45, 2.75) is 13.5 Å². The Morgan fingerprint density at radius 1 is 1.03 bits per heavy atom. The molecule has 4 aromatic rings. The first-order chi connectivity index (χ1) is 16.6. The number of para-hydroxylation sites is 2. The van der Waals surface area contributed by atoms with Crippen molar-refractivity contribution in [1.82, 2.24) is 24.4 Å². The lowest BCUT2D eigenvalue weighted by atomic mass is 10.3. The molecule has 0 radical (unpaired) electrons. The Bertz CT molecular complexity index is 1290. The van der Waals surface area contributed by atoms with Crippen LogP contribution in [-0.2, 0) is 11.3 Å². The third-order valence-electron chi connectivity index (χ3n) is 5.95. The average Bonchev–Trinajstić information content (AvgIpc) is 3.27. The van der Waals surface area contributed by atoms with E-state index in [1.807, 2.05) is 71.0 Å². The maximum absolute atomic E-state index is 12.9. The number of imidazole rings is 1. The number of carbonyl (C=O) groups is 1. The van der Waals surface area contributed by atoms with Crippen molar-refractivity contribution in [2.24, 2.45) is 0 Å². The highest BCUT2D eigenvalue weighted by Crippen LogP contribution is 2.22. The van der Waals surface area contributed by atoms with Crippen LogP contribution in [0.2, 0.25) is 0 Å². The first-order valence-electron chi connectivity index (χ1n) is 11.3. The highest BCUT2D eigenvalue weighted by atomic mass is 16.5. The van der Waals surface area contributed by atoms with E-state index in [1.54, 1.807) is 13.4 Å². The molecular formula is C25H27N7O2. The van der Waals surface area contributed by atoms with Gasteiger partial charge in [0.05, 0.1) is 24.5 Å². The van der Waals surface area contributed by atoms with Crippen LogP contribution in [0.5, 0.6) is 5.75 Å². The van der Waals surface area contributed by atoms with Gasteiger partial charge in [-0.3, -0.25) is 4.79 Å². The molecule has 9 heteroatoms. The maximum Gasteiger partial charge on any atom is 0.242 e. The summed E-state index contributed by atoms with van der Waals surface area (Å²) < 4.78 is 7.13. The van der Waals surface area contributed by atoms with Crippen LogP contribution in [0.1, 0.15) is 5.69 Å². The Labute approximate surface area is 198 Å². The summed E-state index contributed by atoms with van der Waals surface area (Å²) in [5, 5.41) is 3.34. The number of ether oxygens (including phenoxy) is 1. The van der Waals surface area contributed by atoms with Gasteiger partial charge in [0.25, 0.3) is 0 Å². The molecule has 2 aromatic heterocycles. The van der Waals surface area contributed by atoms with Crippen molar-refractivity contribution < 1.29 is 9.53 Å². The van der Waals surface area contributed by atoms with E-state index in [2.05, 4.69) is 20.2 Å². The highest BCUT2D eigenvalue weighted by molar-refractivity contribution is 5.80. The molecule has 3 heterocycles. The van der Waals surface area contributed by atoms with E-state index >= 15 is 0 Å². The van der Waals surface area contributed by atoms with E-state index in [0.29, 0.717) is 32.1 Å². The average molecular weight is 458 g/mol. The van der Waals surface area contributed by atoms with Crippen molar-refractivity contribution in [3.63, 3.8) is 0 Å². The minimum atomic E-state index is 0.0924. The predicted octanol–water partition coefficient (Wildman–Crippen LogP) is 3.24. The Balaban J connectivity index is 1.22. The lowest BCUT2D eigenvalue weighted by Crippen LogP contribution is -2.50. The van der Waals surface area contributed by atoms with Crippen LogP contribution in [0, 0.1) is 6.92 Å². The topological polar surface area (TPSA) is 88.4 Å². The number of rotatable bonds is 6. The normalized spacial score (nSPS) is 13.8. The van der Waals surface area contributed by atoms with Crippen LogP contribution in [0.3, 0.4) is 0 Å². The van der Waals surface area contributed by atoms with Crippen LogP contribution in [0.15, 0.2) is 60.9 Å². The fourth-order valence-electron chi connectivity index (χ4n) is 4.12. The molecule has 174 valence electrons. The van der Waals surface area contributed by atoms with Crippen molar-refractivity contribution >= 4 is 34.4 Å².